The van der Waals surface area contributed by atoms with Crippen molar-refractivity contribution in [3.63, 3.8) is 0 Å². The third-order valence-electron chi connectivity index (χ3n) is 4.86. The van der Waals surface area contributed by atoms with Gasteiger partial charge in [0, 0.05) is 26.0 Å². The maximum atomic E-state index is 12.9. The maximum Gasteiger partial charge on any atom is 0.332 e. The van der Waals surface area contributed by atoms with E-state index < -0.39 is 17.0 Å². The minimum Gasteiger partial charge on any atom is -0.384 e. The van der Waals surface area contributed by atoms with Crippen LogP contribution in [0.1, 0.15) is 34.8 Å². The predicted molar refractivity (Wildman–Crippen MR) is 119 cm³/mol. The van der Waals surface area contributed by atoms with Gasteiger partial charge in [-0.25, -0.2) is 9.78 Å². The molecule has 0 aliphatic rings. The molecule has 2 heterocycles. The first-order chi connectivity index (χ1) is 14.3. The van der Waals surface area contributed by atoms with Crippen LogP contribution < -0.4 is 17.0 Å². The number of aryl methyl sites for hydroxylation is 2. The number of hydrogen-bond acceptors (Lipinski definition) is 6. The Hall–Kier alpha value is -3.07. The van der Waals surface area contributed by atoms with Crippen LogP contribution in [-0.4, -0.2) is 30.2 Å². The van der Waals surface area contributed by atoms with Gasteiger partial charge in [-0.15, -0.1) is 0 Å². The minimum absolute atomic E-state index is 0.0221. The van der Waals surface area contributed by atoms with Gasteiger partial charge >= 0.3 is 5.69 Å². The third-order valence-corrected chi connectivity index (χ3v) is 5.83. The van der Waals surface area contributed by atoms with Gasteiger partial charge in [0.15, 0.2) is 10.9 Å². The van der Waals surface area contributed by atoms with Crippen molar-refractivity contribution in [2.45, 2.75) is 38.9 Å². The molecular formula is C21H25N5O3S. The highest BCUT2D eigenvalue weighted by atomic mass is 32.2. The second-order valence-corrected chi connectivity index (χ2v) is 8.08. The molecule has 1 aromatic carbocycles. The van der Waals surface area contributed by atoms with E-state index in [2.05, 4.69) is 11.1 Å². The molecule has 0 aliphatic carbocycles. The first kappa shape index (κ1) is 21.6. The lowest BCUT2D eigenvalue weighted by Gasteiger charge is -2.14. The lowest BCUT2D eigenvalue weighted by molar-refractivity contribution is 0.102. The van der Waals surface area contributed by atoms with Crippen LogP contribution >= 0.6 is 11.8 Å². The zero-order valence-corrected chi connectivity index (χ0v) is 18.3. The monoisotopic (exact) mass is 427 g/mol. The van der Waals surface area contributed by atoms with Crippen LogP contribution in [0.25, 0.3) is 5.69 Å². The van der Waals surface area contributed by atoms with E-state index in [1.807, 2.05) is 43.7 Å². The number of carbonyl (C=O) groups excluding carboxylic acids is 1. The van der Waals surface area contributed by atoms with Crippen molar-refractivity contribution >= 4 is 23.4 Å². The first-order valence-corrected chi connectivity index (χ1v) is 10.6. The Balaban J connectivity index is 1.90. The highest BCUT2D eigenvalue weighted by Crippen LogP contribution is 2.24. The molecule has 0 saturated carbocycles. The van der Waals surface area contributed by atoms with Crippen LogP contribution in [0, 0.1) is 13.8 Å². The Bertz CT molecular complexity index is 1220. The number of imidazole rings is 1. The predicted octanol–water partition coefficient (Wildman–Crippen LogP) is 2.32. The molecule has 8 nitrogen and oxygen atoms in total. The van der Waals surface area contributed by atoms with Gasteiger partial charge in [0.1, 0.15) is 11.4 Å². The van der Waals surface area contributed by atoms with Gasteiger partial charge in [-0.1, -0.05) is 36.4 Å². The second-order valence-electron chi connectivity index (χ2n) is 7.14. The lowest BCUT2D eigenvalue weighted by atomic mass is 10.1. The number of carbonyl (C=O) groups is 1. The van der Waals surface area contributed by atoms with E-state index in [-0.39, 0.29) is 17.1 Å². The summed E-state index contributed by atoms with van der Waals surface area (Å²) in [4.78, 5) is 42.1. The van der Waals surface area contributed by atoms with E-state index in [1.54, 1.807) is 6.20 Å². The molecule has 158 valence electrons. The molecule has 0 atom stereocenters. The Morgan fingerprint density at radius 1 is 1.23 bits per heavy atom. The number of Topliss-reactive ketones (excluding diaryl/α,β-unsaturated/α-hetero) is 1. The first-order valence-electron chi connectivity index (χ1n) is 9.62. The molecule has 0 amide bonds. The molecule has 0 radical (unpaired) electrons. The summed E-state index contributed by atoms with van der Waals surface area (Å²) in [6.45, 7) is 6.27. The zero-order chi connectivity index (χ0) is 22.0. The number of rotatable bonds is 7. The van der Waals surface area contributed by atoms with Crippen molar-refractivity contribution in [2.24, 2.45) is 7.05 Å². The molecule has 0 aliphatic heterocycles. The second kappa shape index (κ2) is 8.74. The summed E-state index contributed by atoms with van der Waals surface area (Å²) in [7, 11) is 1.35. The third kappa shape index (κ3) is 3.97. The molecule has 3 rings (SSSR count). The number of thioether (sulfide) groups is 1. The highest BCUT2D eigenvalue weighted by molar-refractivity contribution is 7.99. The maximum absolute atomic E-state index is 12.9. The Labute approximate surface area is 178 Å². The molecule has 0 fully saturated rings. The van der Waals surface area contributed by atoms with E-state index >= 15 is 0 Å². The fourth-order valence-electron chi connectivity index (χ4n) is 3.34. The number of anilines is 1. The quantitative estimate of drug-likeness (QED) is 0.458. The number of nitrogens with zero attached hydrogens (tertiary/aromatic N) is 4. The molecule has 0 spiro atoms. The van der Waals surface area contributed by atoms with Crippen molar-refractivity contribution in [1.29, 1.82) is 0 Å². The topological polar surface area (TPSA) is 105 Å². The summed E-state index contributed by atoms with van der Waals surface area (Å²) in [5.74, 6) is -0.530. The van der Waals surface area contributed by atoms with Gasteiger partial charge in [-0.3, -0.25) is 23.3 Å². The Kier molecular flexibility index (Phi) is 6.31. The van der Waals surface area contributed by atoms with Gasteiger partial charge in [0.25, 0.3) is 5.56 Å². The minimum atomic E-state index is -0.673. The fraction of sp³-hybridized carbons (Fsp3) is 0.333. The summed E-state index contributed by atoms with van der Waals surface area (Å²) in [6.07, 6.45) is 4.15. The van der Waals surface area contributed by atoms with Crippen molar-refractivity contribution in [3.05, 3.63) is 68.1 Å². The van der Waals surface area contributed by atoms with E-state index in [0.717, 1.165) is 21.4 Å². The van der Waals surface area contributed by atoms with Gasteiger partial charge in [0.2, 0.25) is 0 Å². The molecule has 3 aromatic rings. The van der Waals surface area contributed by atoms with Crippen molar-refractivity contribution in [2.75, 3.05) is 11.5 Å². The van der Waals surface area contributed by atoms with Crippen molar-refractivity contribution in [3.8, 4) is 5.69 Å². The molecule has 2 aromatic heterocycles. The van der Waals surface area contributed by atoms with Gasteiger partial charge in [-0.05, 0) is 31.9 Å². The van der Waals surface area contributed by atoms with Gasteiger partial charge in [0.05, 0.1) is 11.4 Å². The largest absolute Gasteiger partial charge is 0.384 e. The molecule has 30 heavy (non-hydrogen) atoms. The number of hydrogen-bond donors (Lipinski definition) is 1. The Morgan fingerprint density at radius 2 is 1.97 bits per heavy atom. The van der Waals surface area contributed by atoms with Crippen molar-refractivity contribution < 1.29 is 4.79 Å². The normalized spacial score (nSPS) is 11.1. The van der Waals surface area contributed by atoms with Crippen LogP contribution in [0.15, 0.2) is 45.3 Å². The van der Waals surface area contributed by atoms with Gasteiger partial charge < -0.3 is 5.73 Å². The fourth-order valence-corrected chi connectivity index (χ4v) is 4.18. The van der Waals surface area contributed by atoms with Crippen LogP contribution in [0.4, 0.5) is 5.82 Å². The number of nitrogens with two attached hydrogens (primary N) is 1. The van der Waals surface area contributed by atoms with Gasteiger partial charge in [-0.2, -0.15) is 0 Å². The van der Waals surface area contributed by atoms with E-state index in [1.165, 1.54) is 23.4 Å². The average Bonchev–Trinajstić information content (AvgIpc) is 3.16. The Morgan fingerprint density at radius 3 is 2.63 bits per heavy atom. The van der Waals surface area contributed by atoms with Crippen LogP contribution in [0.3, 0.4) is 0 Å². The van der Waals surface area contributed by atoms with Crippen LogP contribution in [0.5, 0.6) is 0 Å². The summed E-state index contributed by atoms with van der Waals surface area (Å²) in [6, 6.07) is 6.10. The molecule has 0 saturated heterocycles. The molecule has 0 bridgehead atoms. The van der Waals surface area contributed by atoms with E-state index in [0.29, 0.717) is 18.1 Å². The summed E-state index contributed by atoms with van der Waals surface area (Å²) in [5.41, 5.74) is 7.92. The molecule has 9 heteroatoms. The summed E-state index contributed by atoms with van der Waals surface area (Å²) < 4.78 is 4.11. The van der Waals surface area contributed by atoms with Crippen molar-refractivity contribution in [1.82, 2.24) is 18.7 Å². The van der Waals surface area contributed by atoms with E-state index in [9.17, 15) is 14.4 Å². The number of ketones is 1. The summed E-state index contributed by atoms with van der Waals surface area (Å²) in [5, 5.41) is 0.632. The average molecular weight is 428 g/mol. The SMILES string of the molecule is CCCn1c(N)c(C(=O)CSc2nccn2-c2ccc(C)cc2C)c(=O)n(C)c1=O. The molecule has 0 unspecified atom stereocenters. The summed E-state index contributed by atoms with van der Waals surface area (Å²) >= 11 is 1.22. The smallest absolute Gasteiger partial charge is 0.332 e. The molecule has 2 N–H and O–H groups in total. The molecular weight excluding hydrogens is 402 g/mol. The van der Waals surface area contributed by atoms with E-state index in [4.69, 9.17) is 5.73 Å². The number of aromatic nitrogens is 4. The lowest BCUT2D eigenvalue weighted by Crippen LogP contribution is -2.42. The van der Waals surface area contributed by atoms with Crippen LogP contribution in [0.2, 0.25) is 0 Å². The standard InChI is InChI=1S/C21H25N5O3S/c1-5-9-26-18(22)17(19(28)24(4)21(26)29)16(27)12-30-20-23-8-10-25(20)15-7-6-13(2)11-14(15)3/h6-8,10-11H,5,9,12,22H2,1-4H3. The highest BCUT2D eigenvalue weighted by Gasteiger charge is 2.22. The number of nitrogen functional groups attached to an aromatic ring is 1. The van der Waals surface area contributed by atoms with Crippen LogP contribution in [-0.2, 0) is 13.6 Å². The zero-order valence-electron chi connectivity index (χ0n) is 17.5. The number of benzene rings is 1.